The topological polar surface area (TPSA) is 98.8 Å². The van der Waals surface area contributed by atoms with Crippen LogP contribution in [-0.4, -0.2) is 24.7 Å². The van der Waals surface area contributed by atoms with E-state index in [0.29, 0.717) is 12.4 Å². The van der Waals surface area contributed by atoms with Gasteiger partial charge in [-0.05, 0) is 30.3 Å². The highest BCUT2D eigenvalue weighted by molar-refractivity contribution is 5.63. The number of pyridine rings is 2. The van der Waals surface area contributed by atoms with E-state index in [9.17, 15) is 10.1 Å². The van der Waals surface area contributed by atoms with E-state index in [1.165, 1.54) is 12.3 Å². The first-order chi connectivity index (χ1) is 13.7. The minimum Gasteiger partial charge on any atom is -0.366 e. The molecule has 0 atom stereocenters. The normalized spacial score (nSPS) is 10.6. The van der Waals surface area contributed by atoms with E-state index in [1.54, 1.807) is 18.5 Å². The summed E-state index contributed by atoms with van der Waals surface area (Å²) in [5, 5.41) is 18.7. The van der Waals surface area contributed by atoms with Gasteiger partial charge in [0.15, 0.2) is 0 Å². The second kappa shape index (κ2) is 7.67. The molecule has 0 bridgehead atoms. The Morgan fingerprint density at radius 3 is 2.50 bits per heavy atom. The molecule has 3 aromatic heterocycles. The number of anilines is 1. The molecule has 8 heteroatoms. The zero-order chi connectivity index (χ0) is 19.3. The lowest BCUT2D eigenvalue weighted by molar-refractivity contribution is -0.385. The molecule has 0 aliphatic heterocycles. The van der Waals surface area contributed by atoms with Crippen molar-refractivity contribution in [1.29, 1.82) is 0 Å². The van der Waals surface area contributed by atoms with Crippen molar-refractivity contribution in [3.05, 3.63) is 95.1 Å². The molecule has 138 valence electrons. The van der Waals surface area contributed by atoms with Crippen LogP contribution < -0.4 is 5.32 Å². The molecule has 0 aliphatic carbocycles. The first-order valence-corrected chi connectivity index (χ1v) is 8.59. The summed E-state index contributed by atoms with van der Waals surface area (Å²) in [6.45, 7) is 0.468. The fourth-order valence-electron chi connectivity index (χ4n) is 2.79. The molecule has 0 amide bonds. The molecule has 0 aliphatic rings. The van der Waals surface area contributed by atoms with Crippen LogP contribution in [0.2, 0.25) is 0 Å². The summed E-state index contributed by atoms with van der Waals surface area (Å²) in [5.74, 6) is 0.554. The third-order valence-electron chi connectivity index (χ3n) is 4.18. The van der Waals surface area contributed by atoms with E-state index in [-0.39, 0.29) is 5.69 Å². The van der Waals surface area contributed by atoms with Gasteiger partial charge in [0, 0.05) is 42.3 Å². The molecule has 4 aromatic rings. The molecular weight excluding hydrogens is 356 g/mol. The minimum absolute atomic E-state index is 0.0417. The van der Waals surface area contributed by atoms with E-state index in [4.69, 9.17) is 5.10 Å². The Bertz CT molecular complexity index is 1080. The number of para-hydroxylation sites is 1. The van der Waals surface area contributed by atoms with Crippen LogP contribution in [0.15, 0.2) is 79.4 Å². The summed E-state index contributed by atoms with van der Waals surface area (Å²) >= 11 is 0. The van der Waals surface area contributed by atoms with Crippen LogP contribution in [0, 0.1) is 10.1 Å². The predicted molar refractivity (Wildman–Crippen MR) is 105 cm³/mol. The standard InChI is InChI=1S/C20H16N6O2/c27-26(28)18-6-7-19(23-13-18)22-12-16-14-25(17-4-2-1-3-5-17)24-20(16)15-8-10-21-11-9-15/h1-11,13-14H,12H2,(H,22,23). The molecule has 0 unspecified atom stereocenters. The van der Waals surface area contributed by atoms with Crippen molar-refractivity contribution in [3.63, 3.8) is 0 Å². The van der Waals surface area contributed by atoms with Crippen molar-refractivity contribution in [2.45, 2.75) is 6.54 Å². The lowest BCUT2D eigenvalue weighted by Crippen LogP contribution is -2.02. The van der Waals surface area contributed by atoms with E-state index >= 15 is 0 Å². The van der Waals surface area contributed by atoms with Crippen molar-refractivity contribution in [2.75, 3.05) is 5.32 Å². The van der Waals surface area contributed by atoms with Gasteiger partial charge < -0.3 is 5.32 Å². The highest BCUT2D eigenvalue weighted by Gasteiger charge is 2.13. The van der Waals surface area contributed by atoms with Gasteiger partial charge in [-0.25, -0.2) is 9.67 Å². The highest BCUT2D eigenvalue weighted by atomic mass is 16.6. The van der Waals surface area contributed by atoms with E-state index in [0.717, 1.165) is 22.5 Å². The highest BCUT2D eigenvalue weighted by Crippen LogP contribution is 2.24. The SMILES string of the molecule is O=[N+]([O-])c1ccc(NCc2cn(-c3ccccc3)nc2-c2ccncc2)nc1. The van der Waals surface area contributed by atoms with Gasteiger partial charge in [0.1, 0.15) is 12.0 Å². The van der Waals surface area contributed by atoms with Crippen molar-refractivity contribution in [1.82, 2.24) is 19.7 Å². The first kappa shape index (κ1) is 17.3. The third-order valence-corrected chi connectivity index (χ3v) is 4.18. The first-order valence-electron chi connectivity index (χ1n) is 8.59. The zero-order valence-electron chi connectivity index (χ0n) is 14.8. The second-order valence-electron chi connectivity index (χ2n) is 6.03. The van der Waals surface area contributed by atoms with E-state index in [2.05, 4.69) is 15.3 Å². The summed E-state index contributed by atoms with van der Waals surface area (Å²) in [4.78, 5) is 18.4. The fourth-order valence-corrected chi connectivity index (χ4v) is 2.79. The number of nitrogens with one attached hydrogen (secondary N) is 1. The van der Waals surface area contributed by atoms with Crippen LogP contribution in [-0.2, 0) is 6.54 Å². The maximum absolute atomic E-state index is 10.8. The second-order valence-corrected chi connectivity index (χ2v) is 6.03. The zero-order valence-corrected chi connectivity index (χ0v) is 14.8. The Morgan fingerprint density at radius 1 is 1.04 bits per heavy atom. The van der Waals surface area contributed by atoms with E-state index < -0.39 is 4.92 Å². The molecule has 0 fully saturated rings. The van der Waals surface area contributed by atoms with Gasteiger partial charge in [0.25, 0.3) is 5.69 Å². The van der Waals surface area contributed by atoms with Crippen LogP contribution in [0.1, 0.15) is 5.56 Å². The van der Waals surface area contributed by atoms with Crippen LogP contribution in [0.4, 0.5) is 11.5 Å². The molecule has 28 heavy (non-hydrogen) atoms. The summed E-state index contributed by atoms with van der Waals surface area (Å²) < 4.78 is 1.83. The summed E-state index contributed by atoms with van der Waals surface area (Å²) in [6.07, 6.45) is 6.65. The van der Waals surface area contributed by atoms with Crippen molar-refractivity contribution < 1.29 is 4.92 Å². The predicted octanol–water partition coefficient (Wildman–Crippen LogP) is 3.85. The van der Waals surface area contributed by atoms with Crippen LogP contribution in [0.3, 0.4) is 0 Å². The molecule has 0 spiro atoms. The van der Waals surface area contributed by atoms with E-state index in [1.807, 2.05) is 53.3 Å². The Labute approximate surface area is 160 Å². The lowest BCUT2D eigenvalue weighted by Gasteiger charge is -2.05. The molecule has 1 aromatic carbocycles. The van der Waals surface area contributed by atoms with Crippen molar-refractivity contribution in [3.8, 4) is 16.9 Å². The van der Waals surface area contributed by atoms with Gasteiger partial charge in [0.2, 0.25) is 0 Å². The smallest absolute Gasteiger partial charge is 0.287 e. The molecular formula is C20H16N6O2. The van der Waals surface area contributed by atoms with Crippen molar-refractivity contribution >= 4 is 11.5 Å². The number of benzene rings is 1. The molecule has 4 rings (SSSR count). The van der Waals surface area contributed by atoms with Gasteiger partial charge in [-0.3, -0.25) is 15.1 Å². The number of aromatic nitrogens is 4. The molecule has 0 radical (unpaired) electrons. The summed E-state index contributed by atoms with van der Waals surface area (Å²) in [7, 11) is 0. The average molecular weight is 372 g/mol. The van der Waals surface area contributed by atoms with Gasteiger partial charge in [-0.2, -0.15) is 5.10 Å². The van der Waals surface area contributed by atoms with Gasteiger partial charge in [0.05, 0.1) is 16.3 Å². The number of nitrogens with zero attached hydrogens (tertiary/aromatic N) is 5. The molecule has 0 saturated heterocycles. The van der Waals surface area contributed by atoms with Gasteiger partial charge in [-0.1, -0.05) is 18.2 Å². The largest absolute Gasteiger partial charge is 0.366 e. The van der Waals surface area contributed by atoms with Crippen molar-refractivity contribution in [2.24, 2.45) is 0 Å². The Kier molecular flexibility index (Phi) is 4.75. The lowest BCUT2D eigenvalue weighted by atomic mass is 10.1. The Morgan fingerprint density at radius 2 is 1.82 bits per heavy atom. The Balaban J connectivity index is 1.63. The van der Waals surface area contributed by atoms with Crippen LogP contribution in [0.25, 0.3) is 16.9 Å². The number of hydrogen-bond donors (Lipinski definition) is 1. The summed E-state index contributed by atoms with van der Waals surface area (Å²) in [6, 6.07) is 16.7. The molecule has 8 nitrogen and oxygen atoms in total. The Hall–Kier alpha value is -4.07. The minimum atomic E-state index is -0.470. The summed E-state index contributed by atoms with van der Waals surface area (Å²) in [5.41, 5.74) is 3.67. The number of hydrogen-bond acceptors (Lipinski definition) is 6. The van der Waals surface area contributed by atoms with Gasteiger partial charge >= 0.3 is 0 Å². The monoisotopic (exact) mass is 372 g/mol. The third kappa shape index (κ3) is 3.70. The number of nitro groups is 1. The fraction of sp³-hybridized carbons (Fsp3) is 0.0500. The molecule has 1 N–H and O–H groups in total. The van der Waals surface area contributed by atoms with Crippen LogP contribution >= 0.6 is 0 Å². The molecule has 3 heterocycles. The molecule has 0 saturated carbocycles. The van der Waals surface area contributed by atoms with Gasteiger partial charge in [-0.15, -0.1) is 0 Å². The maximum atomic E-state index is 10.8. The van der Waals surface area contributed by atoms with Crippen LogP contribution in [0.5, 0.6) is 0 Å². The maximum Gasteiger partial charge on any atom is 0.287 e. The number of rotatable bonds is 6. The average Bonchev–Trinajstić information content (AvgIpc) is 3.18. The quantitative estimate of drug-likeness (QED) is 0.408.